The van der Waals surface area contributed by atoms with Crippen molar-refractivity contribution in [2.24, 2.45) is 0 Å². The van der Waals surface area contributed by atoms with Crippen LogP contribution in [0.2, 0.25) is 0 Å². The zero-order valence-corrected chi connectivity index (χ0v) is 7.88. The fraction of sp³-hybridized carbons (Fsp3) is 0.500. The largest absolute Gasteiger partial charge is 0.443 e. The molecule has 5 heteroatoms. The van der Waals surface area contributed by atoms with Gasteiger partial charge < -0.3 is 4.42 Å². The van der Waals surface area contributed by atoms with Crippen molar-refractivity contribution in [2.45, 2.75) is 27.4 Å². The fourth-order valence-corrected chi connectivity index (χ4v) is 0.800. The van der Waals surface area contributed by atoms with Crippen LogP contribution < -0.4 is 5.48 Å². The highest BCUT2D eigenvalue weighted by Gasteiger charge is 2.05. The summed E-state index contributed by atoms with van der Waals surface area (Å²) >= 11 is 0. The van der Waals surface area contributed by atoms with Crippen molar-refractivity contribution in [3.8, 4) is 0 Å². The summed E-state index contributed by atoms with van der Waals surface area (Å²) in [4.78, 5) is 19.3. The maximum Gasteiger partial charge on any atom is 0.240 e. The second kappa shape index (κ2) is 4.04. The number of nitrogens with zero attached hydrogens (tertiary/aromatic N) is 1. The number of aryl methyl sites for hydroxylation is 2. The van der Waals surface area contributed by atoms with E-state index in [0.29, 0.717) is 5.89 Å². The van der Waals surface area contributed by atoms with E-state index in [2.05, 4.69) is 10.5 Å². The molecule has 0 aromatic carbocycles. The number of hydrogen-bond donors (Lipinski definition) is 1. The van der Waals surface area contributed by atoms with Crippen molar-refractivity contribution in [2.75, 3.05) is 0 Å². The van der Waals surface area contributed by atoms with Crippen molar-refractivity contribution in [1.82, 2.24) is 10.5 Å². The topological polar surface area (TPSA) is 64.4 Å². The Morgan fingerprint density at radius 1 is 1.62 bits per heavy atom. The lowest BCUT2D eigenvalue weighted by molar-refractivity contribution is -0.132. The molecule has 0 atom stereocenters. The van der Waals surface area contributed by atoms with Gasteiger partial charge in [0.2, 0.25) is 11.8 Å². The van der Waals surface area contributed by atoms with Crippen molar-refractivity contribution in [3.63, 3.8) is 0 Å². The summed E-state index contributed by atoms with van der Waals surface area (Å²) in [6.07, 6.45) is 0. The molecule has 0 aliphatic carbocycles. The third-order valence-electron chi connectivity index (χ3n) is 1.48. The maximum atomic E-state index is 10.4. The highest BCUT2D eigenvalue weighted by atomic mass is 16.7. The molecule has 0 aliphatic heterocycles. The van der Waals surface area contributed by atoms with E-state index in [4.69, 9.17) is 9.25 Å². The van der Waals surface area contributed by atoms with Crippen molar-refractivity contribution in [3.05, 3.63) is 17.3 Å². The number of carbonyl (C=O) groups is 1. The first kappa shape index (κ1) is 9.73. The Balaban J connectivity index is 2.41. The van der Waals surface area contributed by atoms with E-state index in [9.17, 15) is 4.79 Å². The van der Waals surface area contributed by atoms with Crippen LogP contribution in [0, 0.1) is 13.8 Å². The van der Waals surface area contributed by atoms with Crippen LogP contribution in [-0.2, 0) is 16.2 Å². The molecule has 5 nitrogen and oxygen atoms in total. The smallest absolute Gasteiger partial charge is 0.240 e. The lowest BCUT2D eigenvalue weighted by atomic mass is 10.4. The van der Waals surface area contributed by atoms with Crippen LogP contribution in [0.25, 0.3) is 0 Å². The van der Waals surface area contributed by atoms with Gasteiger partial charge in [-0.05, 0) is 13.8 Å². The summed E-state index contributed by atoms with van der Waals surface area (Å²) in [5.41, 5.74) is 3.02. The second-order valence-corrected chi connectivity index (χ2v) is 2.70. The molecule has 0 aliphatic rings. The van der Waals surface area contributed by atoms with Crippen LogP contribution in [0.4, 0.5) is 0 Å². The van der Waals surface area contributed by atoms with Gasteiger partial charge in [0.25, 0.3) is 0 Å². The fourth-order valence-electron chi connectivity index (χ4n) is 0.800. The monoisotopic (exact) mass is 184 g/mol. The number of hydrogen-bond acceptors (Lipinski definition) is 4. The molecule has 13 heavy (non-hydrogen) atoms. The summed E-state index contributed by atoms with van der Waals surface area (Å²) in [7, 11) is 0. The van der Waals surface area contributed by atoms with Crippen LogP contribution in [0.3, 0.4) is 0 Å². The molecular formula is C8H12N2O3. The first-order valence-corrected chi connectivity index (χ1v) is 3.91. The number of oxazole rings is 1. The molecule has 0 bridgehead atoms. The van der Waals surface area contributed by atoms with E-state index in [0.717, 1.165) is 11.5 Å². The molecule has 0 radical (unpaired) electrons. The molecule has 1 N–H and O–H groups in total. The molecule has 72 valence electrons. The van der Waals surface area contributed by atoms with Gasteiger partial charge in [-0.1, -0.05) is 0 Å². The molecule has 0 fully saturated rings. The van der Waals surface area contributed by atoms with Gasteiger partial charge in [-0.2, -0.15) is 0 Å². The molecule has 1 rings (SSSR count). The standard InChI is InChI=1S/C8H12N2O3/c1-5-6(2)13-8(9-5)4-12-10-7(3)11/h4H2,1-3H3,(H,10,11). The van der Waals surface area contributed by atoms with Gasteiger partial charge in [0, 0.05) is 6.92 Å². The first-order valence-electron chi connectivity index (χ1n) is 3.91. The zero-order chi connectivity index (χ0) is 9.84. The minimum atomic E-state index is -0.250. The van der Waals surface area contributed by atoms with E-state index in [1.165, 1.54) is 6.92 Å². The third kappa shape index (κ3) is 2.87. The van der Waals surface area contributed by atoms with Gasteiger partial charge >= 0.3 is 0 Å². The predicted molar refractivity (Wildman–Crippen MR) is 44.6 cm³/mol. The van der Waals surface area contributed by atoms with Gasteiger partial charge in [0.1, 0.15) is 5.76 Å². The number of carbonyl (C=O) groups excluding carboxylic acids is 1. The van der Waals surface area contributed by atoms with Crippen LogP contribution in [0.1, 0.15) is 24.3 Å². The summed E-state index contributed by atoms with van der Waals surface area (Å²) in [5.74, 6) is 0.977. The molecule has 1 amide bonds. The number of amides is 1. The highest BCUT2D eigenvalue weighted by Crippen LogP contribution is 2.08. The van der Waals surface area contributed by atoms with Crippen LogP contribution >= 0.6 is 0 Å². The average Bonchev–Trinajstić information content (AvgIpc) is 2.30. The van der Waals surface area contributed by atoms with E-state index >= 15 is 0 Å². The highest BCUT2D eigenvalue weighted by molar-refractivity contribution is 5.71. The molecule has 0 spiro atoms. The zero-order valence-electron chi connectivity index (χ0n) is 7.88. The first-order chi connectivity index (χ1) is 6.09. The summed E-state index contributed by atoms with van der Waals surface area (Å²) in [6.45, 7) is 5.19. The molecule has 1 heterocycles. The van der Waals surface area contributed by atoms with Gasteiger partial charge in [0.05, 0.1) is 5.69 Å². The quantitative estimate of drug-likeness (QED) is 0.707. The lowest BCUT2D eigenvalue weighted by Gasteiger charge is -1.98. The second-order valence-electron chi connectivity index (χ2n) is 2.70. The molecule has 0 saturated heterocycles. The Hall–Kier alpha value is -1.36. The van der Waals surface area contributed by atoms with E-state index in [1.54, 1.807) is 0 Å². The average molecular weight is 184 g/mol. The molecule has 1 aromatic rings. The Labute approximate surface area is 76.0 Å². The van der Waals surface area contributed by atoms with Crippen molar-refractivity contribution < 1.29 is 14.0 Å². The van der Waals surface area contributed by atoms with Crippen LogP contribution in [0.5, 0.6) is 0 Å². The lowest BCUT2D eigenvalue weighted by Crippen LogP contribution is -2.19. The number of aromatic nitrogens is 1. The third-order valence-corrected chi connectivity index (χ3v) is 1.48. The molecular weight excluding hydrogens is 172 g/mol. The molecule has 1 aromatic heterocycles. The Bertz CT molecular complexity index is 287. The summed E-state index contributed by atoms with van der Waals surface area (Å²) in [5, 5.41) is 0. The van der Waals surface area contributed by atoms with Crippen LogP contribution in [0.15, 0.2) is 4.42 Å². The SMILES string of the molecule is CC(=O)NOCc1nc(C)c(C)o1. The van der Waals surface area contributed by atoms with Gasteiger partial charge in [-0.3, -0.25) is 9.63 Å². The Kier molecular flexibility index (Phi) is 3.02. The van der Waals surface area contributed by atoms with Crippen LogP contribution in [-0.4, -0.2) is 10.9 Å². The Morgan fingerprint density at radius 2 is 2.31 bits per heavy atom. The van der Waals surface area contributed by atoms with E-state index in [1.807, 2.05) is 13.8 Å². The maximum absolute atomic E-state index is 10.4. The van der Waals surface area contributed by atoms with E-state index in [-0.39, 0.29) is 12.5 Å². The number of rotatable bonds is 3. The predicted octanol–water partition coefficient (Wildman–Crippen LogP) is 0.859. The number of nitrogens with one attached hydrogen (secondary N) is 1. The number of hydroxylamine groups is 1. The molecule has 0 saturated carbocycles. The summed E-state index contributed by atoms with van der Waals surface area (Å²) < 4.78 is 5.21. The minimum Gasteiger partial charge on any atom is -0.443 e. The van der Waals surface area contributed by atoms with Crippen molar-refractivity contribution in [1.29, 1.82) is 0 Å². The summed E-state index contributed by atoms with van der Waals surface area (Å²) in [6, 6.07) is 0. The van der Waals surface area contributed by atoms with Gasteiger partial charge in [0.15, 0.2) is 6.61 Å². The van der Waals surface area contributed by atoms with Crippen molar-refractivity contribution >= 4 is 5.91 Å². The molecule has 0 unspecified atom stereocenters. The Morgan fingerprint density at radius 3 is 2.77 bits per heavy atom. The van der Waals surface area contributed by atoms with E-state index < -0.39 is 0 Å². The van der Waals surface area contributed by atoms with Gasteiger partial charge in [-0.15, -0.1) is 0 Å². The van der Waals surface area contributed by atoms with Gasteiger partial charge in [-0.25, -0.2) is 10.5 Å². The normalized spacial score (nSPS) is 10.1. The minimum absolute atomic E-state index is 0.147.